The number of hydrogen-bond donors (Lipinski definition) is 1. The highest BCUT2D eigenvalue weighted by atomic mass is 79.9. The number of nitrogens with zero attached hydrogens (tertiary/aromatic N) is 1. The Hall–Kier alpha value is -1.89. The molecule has 2 aromatic carbocycles. The molecule has 128 valence electrons. The number of halogens is 2. The smallest absolute Gasteiger partial charge is 0.261 e. The predicted molar refractivity (Wildman–Crippen MR) is 106 cm³/mol. The van der Waals surface area contributed by atoms with Gasteiger partial charge in [-0.05, 0) is 36.8 Å². The summed E-state index contributed by atoms with van der Waals surface area (Å²) in [6.07, 6.45) is 0. The molecule has 0 aliphatic heterocycles. The molecular formula is C18H14BrClN2O2S. The molecule has 0 aliphatic carbocycles. The third-order valence-corrected chi connectivity index (χ3v) is 5.02. The topological polar surface area (TPSA) is 51.2 Å². The summed E-state index contributed by atoms with van der Waals surface area (Å²) >= 11 is 10.7. The Balaban J connectivity index is 1.84. The summed E-state index contributed by atoms with van der Waals surface area (Å²) in [5, 5.41) is 5.92. The largest absolute Gasteiger partial charge is 0.496 e. The SMILES string of the molecule is COc1c(C)cc(Br)cc1C(=O)Nc1nc(-c2ccc(Cl)cc2)cs1. The minimum absolute atomic E-state index is 0.266. The van der Waals surface area contributed by atoms with Crippen LogP contribution in [-0.2, 0) is 0 Å². The summed E-state index contributed by atoms with van der Waals surface area (Å²) in [5.41, 5.74) is 3.06. The van der Waals surface area contributed by atoms with Crippen molar-refractivity contribution in [1.82, 2.24) is 4.98 Å². The number of hydrogen-bond acceptors (Lipinski definition) is 4. The van der Waals surface area contributed by atoms with Gasteiger partial charge in [0.25, 0.3) is 5.91 Å². The van der Waals surface area contributed by atoms with E-state index in [-0.39, 0.29) is 5.91 Å². The number of methoxy groups -OCH3 is 1. The first kappa shape index (κ1) is 17.9. The summed E-state index contributed by atoms with van der Waals surface area (Å²) in [6.45, 7) is 1.89. The van der Waals surface area contributed by atoms with Crippen molar-refractivity contribution in [1.29, 1.82) is 0 Å². The average Bonchev–Trinajstić information content (AvgIpc) is 3.03. The molecule has 4 nitrogen and oxygen atoms in total. The molecule has 25 heavy (non-hydrogen) atoms. The lowest BCUT2D eigenvalue weighted by atomic mass is 10.1. The number of carbonyl (C=O) groups is 1. The summed E-state index contributed by atoms with van der Waals surface area (Å²) in [5.74, 6) is 0.286. The normalized spacial score (nSPS) is 10.6. The van der Waals surface area contributed by atoms with Gasteiger partial charge in [-0.1, -0.05) is 39.7 Å². The minimum Gasteiger partial charge on any atom is -0.496 e. The van der Waals surface area contributed by atoms with Crippen molar-refractivity contribution in [2.45, 2.75) is 6.92 Å². The van der Waals surface area contributed by atoms with Gasteiger partial charge in [0, 0.05) is 20.4 Å². The Morgan fingerprint density at radius 2 is 2.00 bits per heavy atom. The Morgan fingerprint density at radius 3 is 2.68 bits per heavy atom. The third-order valence-electron chi connectivity index (χ3n) is 3.55. The second kappa shape index (κ2) is 7.56. The standard InChI is InChI=1S/C18H14BrClN2O2S/c1-10-7-12(19)8-14(16(10)24-2)17(23)22-18-21-15(9-25-18)11-3-5-13(20)6-4-11/h3-9H,1-2H3,(H,21,22,23). The van der Waals surface area contributed by atoms with Gasteiger partial charge >= 0.3 is 0 Å². The first-order valence-electron chi connectivity index (χ1n) is 7.35. The van der Waals surface area contributed by atoms with Crippen LogP contribution in [0.2, 0.25) is 5.02 Å². The summed E-state index contributed by atoms with van der Waals surface area (Å²) < 4.78 is 6.18. The van der Waals surface area contributed by atoms with E-state index in [4.69, 9.17) is 16.3 Å². The van der Waals surface area contributed by atoms with Crippen LogP contribution in [0.4, 0.5) is 5.13 Å². The average molecular weight is 438 g/mol. The van der Waals surface area contributed by atoms with Crippen LogP contribution in [0.3, 0.4) is 0 Å². The van der Waals surface area contributed by atoms with Crippen LogP contribution in [0.15, 0.2) is 46.3 Å². The molecule has 1 heterocycles. The lowest BCUT2D eigenvalue weighted by molar-refractivity contribution is 0.102. The van der Waals surface area contributed by atoms with E-state index in [0.29, 0.717) is 21.5 Å². The number of rotatable bonds is 4. The fraction of sp³-hybridized carbons (Fsp3) is 0.111. The zero-order valence-corrected chi connectivity index (χ0v) is 16.6. The van der Waals surface area contributed by atoms with Crippen LogP contribution in [0.25, 0.3) is 11.3 Å². The first-order valence-corrected chi connectivity index (χ1v) is 9.40. The molecule has 0 radical (unpaired) electrons. The number of ether oxygens (including phenoxy) is 1. The molecule has 0 atom stereocenters. The monoisotopic (exact) mass is 436 g/mol. The molecule has 3 rings (SSSR count). The summed E-state index contributed by atoms with van der Waals surface area (Å²) in [6, 6.07) is 11.0. The van der Waals surface area contributed by atoms with Gasteiger partial charge in [0.1, 0.15) is 5.75 Å². The van der Waals surface area contributed by atoms with Gasteiger partial charge in [-0.3, -0.25) is 10.1 Å². The highest BCUT2D eigenvalue weighted by Crippen LogP contribution is 2.30. The summed E-state index contributed by atoms with van der Waals surface area (Å²) in [7, 11) is 1.55. The van der Waals surface area contributed by atoms with Crippen molar-refractivity contribution in [2.24, 2.45) is 0 Å². The van der Waals surface area contributed by atoms with Crippen LogP contribution < -0.4 is 10.1 Å². The molecule has 7 heteroatoms. The number of nitrogens with one attached hydrogen (secondary N) is 1. The maximum Gasteiger partial charge on any atom is 0.261 e. The van der Waals surface area contributed by atoms with Crippen molar-refractivity contribution in [3.05, 3.63) is 62.4 Å². The van der Waals surface area contributed by atoms with E-state index >= 15 is 0 Å². The van der Waals surface area contributed by atoms with Crippen LogP contribution in [-0.4, -0.2) is 18.0 Å². The fourth-order valence-electron chi connectivity index (χ4n) is 2.42. The lowest BCUT2D eigenvalue weighted by Crippen LogP contribution is -2.13. The van der Waals surface area contributed by atoms with E-state index in [0.717, 1.165) is 21.3 Å². The van der Waals surface area contributed by atoms with Crippen molar-refractivity contribution in [2.75, 3.05) is 12.4 Å². The molecule has 0 aliphatic rings. The van der Waals surface area contributed by atoms with E-state index in [2.05, 4.69) is 26.2 Å². The molecular weight excluding hydrogens is 424 g/mol. The molecule has 3 aromatic rings. The maximum atomic E-state index is 12.6. The van der Waals surface area contributed by atoms with Crippen molar-refractivity contribution >= 4 is 49.9 Å². The summed E-state index contributed by atoms with van der Waals surface area (Å²) in [4.78, 5) is 17.1. The van der Waals surface area contributed by atoms with E-state index < -0.39 is 0 Å². The number of aryl methyl sites for hydroxylation is 1. The molecule has 0 unspecified atom stereocenters. The third kappa shape index (κ3) is 4.03. The maximum absolute atomic E-state index is 12.6. The van der Waals surface area contributed by atoms with E-state index in [1.165, 1.54) is 11.3 Å². The van der Waals surface area contributed by atoms with Crippen molar-refractivity contribution in [3.63, 3.8) is 0 Å². The Labute approximate surface area is 162 Å². The van der Waals surface area contributed by atoms with Crippen molar-refractivity contribution < 1.29 is 9.53 Å². The van der Waals surface area contributed by atoms with Crippen LogP contribution in [0.5, 0.6) is 5.75 Å². The Morgan fingerprint density at radius 1 is 1.28 bits per heavy atom. The molecule has 0 spiro atoms. The number of carbonyl (C=O) groups excluding carboxylic acids is 1. The fourth-order valence-corrected chi connectivity index (χ4v) is 3.83. The quantitative estimate of drug-likeness (QED) is 0.561. The Bertz CT molecular complexity index is 925. The number of benzene rings is 2. The molecule has 0 bridgehead atoms. The number of thiazole rings is 1. The molecule has 1 amide bonds. The molecule has 0 fully saturated rings. The molecule has 1 N–H and O–H groups in total. The van der Waals surface area contributed by atoms with Crippen molar-refractivity contribution in [3.8, 4) is 17.0 Å². The van der Waals surface area contributed by atoms with Gasteiger partial charge in [0.15, 0.2) is 5.13 Å². The first-order chi connectivity index (χ1) is 12.0. The van der Waals surface area contributed by atoms with Gasteiger partial charge in [-0.2, -0.15) is 0 Å². The number of amides is 1. The van der Waals surface area contributed by atoms with Crippen LogP contribution >= 0.6 is 38.9 Å². The highest BCUT2D eigenvalue weighted by molar-refractivity contribution is 9.10. The van der Waals surface area contributed by atoms with Gasteiger partial charge in [0.2, 0.25) is 0 Å². The second-order valence-corrected chi connectivity index (χ2v) is 7.51. The number of aromatic nitrogens is 1. The molecule has 0 saturated heterocycles. The lowest BCUT2D eigenvalue weighted by Gasteiger charge is -2.11. The zero-order chi connectivity index (χ0) is 18.0. The molecule has 1 aromatic heterocycles. The minimum atomic E-state index is -0.266. The Kier molecular flexibility index (Phi) is 5.42. The highest BCUT2D eigenvalue weighted by Gasteiger charge is 2.17. The van der Waals surface area contributed by atoms with E-state index in [1.807, 2.05) is 42.6 Å². The molecule has 0 saturated carbocycles. The van der Waals surface area contributed by atoms with Crippen LogP contribution in [0, 0.1) is 6.92 Å². The van der Waals surface area contributed by atoms with Gasteiger partial charge in [-0.15, -0.1) is 11.3 Å². The second-order valence-electron chi connectivity index (χ2n) is 5.30. The van der Waals surface area contributed by atoms with E-state index in [1.54, 1.807) is 13.2 Å². The predicted octanol–water partition coefficient (Wildman–Crippen LogP) is 5.80. The number of anilines is 1. The van der Waals surface area contributed by atoms with E-state index in [9.17, 15) is 4.79 Å². The zero-order valence-electron chi connectivity index (χ0n) is 13.5. The van der Waals surface area contributed by atoms with Gasteiger partial charge in [0.05, 0.1) is 18.4 Å². The van der Waals surface area contributed by atoms with Gasteiger partial charge < -0.3 is 4.74 Å². The van der Waals surface area contributed by atoms with Crippen LogP contribution in [0.1, 0.15) is 15.9 Å². The van der Waals surface area contributed by atoms with Gasteiger partial charge in [-0.25, -0.2) is 4.98 Å².